The maximum absolute atomic E-state index is 14.1. The van der Waals surface area contributed by atoms with E-state index in [0.717, 1.165) is 31.0 Å². The Kier molecular flexibility index (Phi) is 4.69. The van der Waals surface area contributed by atoms with Crippen molar-refractivity contribution in [1.29, 1.82) is 0 Å². The van der Waals surface area contributed by atoms with E-state index in [4.69, 9.17) is 5.73 Å². The Morgan fingerprint density at radius 1 is 1.17 bits per heavy atom. The van der Waals surface area contributed by atoms with E-state index in [-0.39, 0.29) is 29.3 Å². The largest absolute Gasteiger partial charge is 0.369 e. The van der Waals surface area contributed by atoms with Crippen LogP contribution in [0.15, 0.2) is 18.2 Å². The number of hydrogen-bond acceptors (Lipinski definition) is 2. The van der Waals surface area contributed by atoms with E-state index in [9.17, 15) is 18.4 Å². The average Bonchev–Trinajstić information content (AvgIpc) is 3.40. The van der Waals surface area contributed by atoms with Gasteiger partial charge in [-0.25, -0.2) is 13.6 Å². The number of likely N-dealkylation sites (tertiary alicyclic amines) is 1. The van der Waals surface area contributed by atoms with Gasteiger partial charge in [-0.15, -0.1) is 0 Å². The van der Waals surface area contributed by atoms with Crippen LogP contribution in [-0.2, 0) is 4.79 Å². The predicted molar refractivity (Wildman–Crippen MR) is 83.8 cm³/mol. The van der Waals surface area contributed by atoms with Crippen LogP contribution in [0.25, 0.3) is 0 Å². The monoisotopic (exact) mass is 337 g/mol. The van der Waals surface area contributed by atoms with E-state index < -0.39 is 17.7 Å². The molecule has 24 heavy (non-hydrogen) atoms. The van der Waals surface area contributed by atoms with Crippen LogP contribution in [0.3, 0.4) is 0 Å². The second kappa shape index (κ2) is 6.75. The summed E-state index contributed by atoms with van der Waals surface area (Å²) < 4.78 is 27.5. The SMILES string of the molecule is NC(=O)C1CCN(C(=O)NC(c2cc(F)ccc2F)C2CC2)CC1. The number of amides is 3. The molecule has 1 aromatic carbocycles. The summed E-state index contributed by atoms with van der Waals surface area (Å²) in [5.74, 6) is -1.44. The number of nitrogens with two attached hydrogens (primary N) is 1. The number of benzene rings is 1. The highest BCUT2D eigenvalue weighted by Gasteiger charge is 2.36. The molecule has 1 aliphatic carbocycles. The van der Waals surface area contributed by atoms with Gasteiger partial charge >= 0.3 is 6.03 Å². The van der Waals surface area contributed by atoms with Gasteiger partial charge in [0.1, 0.15) is 11.6 Å². The van der Waals surface area contributed by atoms with E-state index in [1.807, 2.05) is 0 Å². The fourth-order valence-electron chi connectivity index (χ4n) is 3.22. The summed E-state index contributed by atoms with van der Waals surface area (Å²) in [6.45, 7) is 0.866. The van der Waals surface area contributed by atoms with Crippen molar-refractivity contribution >= 4 is 11.9 Å². The zero-order valence-electron chi connectivity index (χ0n) is 13.3. The fraction of sp³-hybridized carbons (Fsp3) is 0.529. The lowest BCUT2D eigenvalue weighted by atomic mass is 9.96. The molecule has 1 unspecified atom stereocenters. The number of nitrogens with one attached hydrogen (secondary N) is 1. The van der Waals surface area contributed by atoms with Gasteiger partial charge in [0, 0.05) is 24.6 Å². The third-order valence-electron chi connectivity index (χ3n) is 4.85. The molecular weight excluding hydrogens is 316 g/mol. The molecule has 2 fully saturated rings. The first-order valence-corrected chi connectivity index (χ1v) is 8.25. The van der Waals surface area contributed by atoms with Gasteiger partial charge in [-0.3, -0.25) is 4.79 Å². The van der Waals surface area contributed by atoms with Gasteiger partial charge in [-0.2, -0.15) is 0 Å². The summed E-state index contributed by atoms with van der Waals surface area (Å²) in [5.41, 5.74) is 5.48. The highest BCUT2D eigenvalue weighted by molar-refractivity contribution is 5.78. The molecule has 3 N–H and O–H groups in total. The van der Waals surface area contributed by atoms with Crippen molar-refractivity contribution in [3.05, 3.63) is 35.4 Å². The molecule has 5 nitrogen and oxygen atoms in total. The lowest BCUT2D eigenvalue weighted by Crippen LogP contribution is -2.47. The number of nitrogens with zero attached hydrogens (tertiary/aromatic N) is 1. The summed E-state index contributed by atoms with van der Waals surface area (Å²) in [7, 11) is 0. The topological polar surface area (TPSA) is 75.4 Å². The van der Waals surface area contributed by atoms with Crippen LogP contribution in [0.4, 0.5) is 13.6 Å². The molecule has 1 atom stereocenters. The minimum atomic E-state index is -0.526. The number of primary amides is 1. The zero-order chi connectivity index (χ0) is 17.3. The van der Waals surface area contributed by atoms with Gasteiger partial charge in [0.15, 0.2) is 0 Å². The number of hydrogen-bond donors (Lipinski definition) is 2. The van der Waals surface area contributed by atoms with Crippen LogP contribution in [-0.4, -0.2) is 29.9 Å². The highest BCUT2D eigenvalue weighted by Crippen LogP contribution is 2.42. The molecular formula is C17H21F2N3O2. The van der Waals surface area contributed by atoms with Crippen molar-refractivity contribution in [2.24, 2.45) is 17.6 Å². The molecule has 0 aromatic heterocycles. The van der Waals surface area contributed by atoms with E-state index in [1.54, 1.807) is 4.90 Å². The lowest BCUT2D eigenvalue weighted by molar-refractivity contribution is -0.123. The van der Waals surface area contributed by atoms with Gasteiger partial charge in [-0.05, 0) is 49.8 Å². The minimum absolute atomic E-state index is 0.133. The predicted octanol–water partition coefficient (Wildman–Crippen LogP) is 2.32. The molecule has 3 rings (SSSR count). The molecule has 1 aromatic rings. The molecule has 7 heteroatoms. The first-order chi connectivity index (χ1) is 11.5. The summed E-state index contributed by atoms with van der Waals surface area (Å²) in [6, 6.07) is 2.47. The van der Waals surface area contributed by atoms with E-state index in [1.165, 1.54) is 0 Å². The Labute approximate surface area is 139 Å². The summed E-state index contributed by atoms with van der Waals surface area (Å²) in [6.07, 6.45) is 2.83. The quantitative estimate of drug-likeness (QED) is 0.885. The van der Waals surface area contributed by atoms with Crippen LogP contribution in [0.2, 0.25) is 0 Å². The normalized spacial score (nSPS) is 19.8. The maximum atomic E-state index is 14.1. The van der Waals surface area contributed by atoms with Crippen molar-refractivity contribution in [3.8, 4) is 0 Å². The lowest BCUT2D eigenvalue weighted by Gasteiger charge is -2.32. The Morgan fingerprint density at radius 2 is 1.83 bits per heavy atom. The molecule has 130 valence electrons. The summed E-state index contributed by atoms with van der Waals surface area (Å²) >= 11 is 0. The number of carbonyl (C=O) groups excluding carboxylic acids is 2. The van der Waals surface area contributed by atoms with Gasteiger partial charge in [0.2, 0.25) is 5.91 Å². The van der Waals surface area contributed by atoms with E-state index >= 15 is 0 Å². The van der Waals surface area contributed by atoms with Crippen molar-refractivity contribution in [1.82, 2.24) is 10.2 Å². The van der Waals surface area contributed by atoms with Crippen molar-refractivity contribution in [2.75, 3.05) is 13.1 Å². The Balaban J connectivity index is 1.67. The molecule has 1 saturated carbocycles. The van der Waals surface area contributed by atoms with Gasteiger partial charge in [0.25, 0.3) is 0 Å². The molecule has 0 radical (unpaired) electrons. The average molecular weight is 337 g/mol. The second-order valence-electron chi connectivity index (χ2n) is 6.59. The Morgan fingerprint density at radius 3 is 2.42 bits per heavy atom. The fourth-order valence-corrected chi connectivity index (χ4v) is 3.22. The van der Waals surface area contributed by atoms with Gasteiger partial charge in [-0.1, -0.05) is 0 Å². The van der Waals surface area contributed by atoms with Gasteiger partial charge < -0.3 is 16.0 Å². The van der Waals surface area contributed by atoms with E-state index in [2.05, 4.69) is 5.32 Å². The number of carbonyl (C=O) groups is 2. The number of piperidine rings is 1. The number of rotatable bonds is 4. The third kappa shape index (κ3) is 3.66. The van der Waals surface area contributed by atoms with Crippen LogP contribution >= 0.6 is 0 Å². The standard InChI is InChI=1S/C17H21F2N3O2/c18-12-3-4-14(19)13(9-12)15(10-1-2-10)21-17(24)22-7-5-11(6-8-22)16(20)23/h3-4,9-11,15H,1-2,5-8H2,(H2,20,23)(H,21,24). The first-order valence-electron chi connectivity index (χ1n) is 8.25. The van der Waals surface area contributed by atoms with Crippen molar-refractivity contribution in [2.45, 2.75) is 31.7 Å². The first kappa shape index (κ1) is 16.7. The van der Waals surface area contributed by atoms with E-state index in [0.29, 0.717) is 25.9 Å². The number of urea groups is 1. The molecule has 0 spiro atoms. The number of halogens is 2. The minimum Gasteiger partial charge on any atom is -0.369 e. The summed E-state index contributed by atoms with van der Waals surface area (Å²) in [5, 5.41) is 2.84. The smallest absolute Gasteiger partial charge is 0.317 e. The maximum Gasteiger partial charge on any atom is 0.317 e. The second-order valence-corrected chi connectivity index (χ2v) is 6.59. The zero-order valence-corrected chi connectivity index (χ0v) is 13.3. The molecule has 1 heterocycles. The highest BCUT2D eigenvalue weighted by atomic mass is 19.1. The van der Waals surface area contributed by atoms with Gasteiger partial charge in [0.05, 0.1) is 6.04 Å². The van der Waals surface area contributed by atoms with Crippen molar-refractivity contribution in [3.63, 3.8) is 0 Å². The third-order valence-corrected chi connectivity index (χ3v) is 4.85. The molecule has 2 aliphatic rings. The van der Waals surface area contributed by atoms with Crippen LogP contribution in [0.1, 0.15) is 37.3 Å². The molecule has 1 aliphatic heterocycles. The molecule has 0 bridgehead atoms. The van der Waals surface area contributed by atoms with Crippen molar-refractivity contribution < 1.29 is 18.4 Å². The van der Waals surface area contributed by atoms with Crippen LogP contribution in [0.5, 0.6) is 0 Å². The molecule has 3 amide bonds. The Bertz CT molecular complexity index is 641. The molecule has 1 saturated heterocycles. The van der Waals surface area contributed by atoms with Crippen LogP contribution < -0.4 is 11.1 Å². The van der Waals surface area contributed by atoms with Crippen LogP contribution in [0, 0.1) is 23.5 Å². The summed E-state index contributed by atoms with van der Waals surface area (Å²) in [4.78, 5) is 25.3. The Hall–Kier alpha value is -2.18.